The van der Waals surface area contributed by atoms with Gasteiger partial charge >= 0.3 is 0 Å². The number of rotatable bonds is 3. The minimum absolute atomic E-state index is 0.101. The standard InChI is InChI=1S/C12H11ClN2O2/c1-7(16)12-14-6-10(15-12)8-3-4-11(17-2)9(13)5-8/h3-6H,1-2H3,(H,14,15). The van der Waals surface area contributed by atoms with Crippen LogP contribution in [0.1, 0.15) is 17.5 Å². The number of imidazole rings is 1. The molecule has 1 aromatic carbocycles. The minimum atomic E-state index is -0.101. The molecule has 0 atom stereocenters. The lowest BCUT2D eigenvalue weighted by Gasteiger charge is -2.04. The molecule has 0 saturated heterocycles. The van der Waals surface area contributed by atoms with Crippen LogP contribution in [0.15, 0.2) is 24.4 Å². The van der Waals surface area contributed by atoms with Gasteiger partial charge in [0.15, 0.2) is 11.6 Å². The van der Waals surface area contributed by atoms with Crippen molar-refractivity contribution in [2.24, 2.45) is 0 Å². The minimum Gasteiger partial charge on any atom is -0.495 e. The fraction of sp³-hybridized carbons (Fsp3) is 0.167. The second kappa shape index (κ2) is 4.59. The molecule has 0 radical (unpaired) electrons. The lowest BCUT2D eigenvalue weighted by atomic mass is 10.1. The molecule has 4 nitrogen and oxygen atoms in total. The van der Waals surface area contributed by atoms with Crippen molar-refractivity contribution in [3.8, 4) is 17.0 Å². The molecule has 0 unspecified atom stereocenters. The van der Waals surface area contributed by atoms with E-state index in [4.69, 9.17) is 16.3 Å². The van der Waals surface area contributed by atoms with Crippen molar-refractivity contribution in [1.29, 1.82) is 0 Å². The maximum absolute atomic E-state index is 11.1. The van der Waals surface area contributed by atoms with Gasteiger partial charge in [-0.25, -0.2) is 4.98 Å². The third-order valence-electron chi connectivity index (χ3n) is 2.37. The number of halogens is 1. The molecule has 0 aliphatic rings. The summed E-state index contributed by atoms with van der Waals surface area (Å²) in [6.07, 6.45) is 1.61. The van der Waals surface area contributed by atoms with Gasteiger partial charge in [-0.2, -0.15) is 0 Å². The Balaban J connectivity index is 2.39. The number of nitrogens with zero attached hydrogens (tertiary/aromatic N) is 1. The largest absolute Gasteiger partial charge is 0.495 e. The second-order valence-corrected chi connectivity index (χ2v) is 3.96. The van der Waals surface area contributed by atoms with Gasteiger partial charge in [0.2, 0.25) is 0 Å². The van der Waals surface area contributed by atoms with Crippen LogP contribution >= 0.6 is 11.6 Å². The molecule has 1 heterocycles. The van der Waals surface area contributed by atoms with Gasteiger partial charge in [0.25, 0.3) is 0 Å². The van der Waals surface area contributed by atoms with Crippen molar-refractivity contribution < 1.29 is 9.53 Å². The Labute approximate surface area is 104 Å². The summed E-state index contributed by atoms with van der Waals surface area (Å²) < 4.78 is 5.07. The van der Waals surface area contributed by atoms with Gasteiger partial charge in [-0.1, -0.05) is 11.6 Å². The third kappa shape index (κ3) is 2.31. The normalized spacial score (nSPS) is 10.3. The number of H-pyrrole nitrogens is 1. The first-order chi connectivity index (χ1) is 8.11. The number of aromatic nitrogens is 2. The zero-order chi connectivity index (χ0) is 12.4. The second-order valence-electron chi connectivity index (χ2n) is 3.55. The number of Topliss-reactive ketones (excluding diaryl/α,β-unsaturated/α-hetero) is 1. The first-order valence-corrected chi connectivity index (χ1v) is 5.39. The monoisotopic (exact) mass is 250 g/mol. The number of hydrogen-bond acceptors (Lipinski definition) is 3. The highest BCUT2D eigenvalue weighted by Gasteiger charge is 2.08. The predicted molar refractivity (Wildman–Crippen MR) is 65.6 cm³/mol. The first-order valence-electron chi connectivity index (χ1n) is 5.01. The molecule has 88 valence electrons. The number of ether oxygens (including phenoxy) is 1. The molecule has 0 saturated carbocycles. The van der Waals surface area contributed by atoms with Crippen LogP contribution < -0.4 is 4.74 Å². The molecule has 0 fully saturated rings. The highest BCUT2D eigenvalue weighted by atomic mass is 35.5. The van der Waals surface area contributed by atoms with Crippen molar-refractivity contribution in [3.63, 3.8) is 0 Å². The molecule has 0 bridgehead atoms. The Kier molecular flexibility index (Phi) is 3.15. The number of methoxy groups -OCH3 is 1. The number of carbonyl (C=O) groups excluding carboxylic acids is 1. The molecule has 2 rings (SSSR count). The number of nitrogens with one attached hydrogen (secondary N) is 1. The van der Waals surface area contributed by atoms with Crippen LogP contribution in [0, 0.1) is 0 Å². The van der Waals surface area contributed by atoms with Gasteiger partial charge in [-0.05, 0) is 18.2 Å². The Bertz CT molecular complexity index is 563. The zero-order valence-corrected chi connectivity index (χ0v) is 10.2. The van der Waals surface area contributed by atoms with Gasteiger partial charge < -0.3 is 9.72 Å². The van der Waals surface area contributed by atoms with Crippen LogP contribution in [0.4, 0.5) is 0 Å². The summed E-state index contributed by atoms with van der Waals surface area (Å²) in [5, 5.41) is 0.518. The molecule has 0 spiro atoms. The lowest BCUT2D eigenvalue weighted by Crippen LogP contribution is -1.94. The molecule has 0 amide bonds. The fourth-order valence-corrected chi connectivity index (χ4v) is 1.74. The third-order valence-corrected chi connectivity index (χ3v) is 2.67. The highest BCUT2D eigenvalue weighted by Crippen LogP contribution is 2.29. The molecular weight excluding hydrogens is 240 g/mol. The summed E-state index contributed by atoms with van der Waals surface area (Å²) in [6, 6.07) is 5.38. The number of hydrogen-bond donors (Lipinski definition) is 1. The van der Waals surface area contributed by atoms with Gasteiger partial charge in [0.1, 0.15) is 5.75 Å². The summed E-state index contributed by atoms with van der Waals surface area (Å²) in [7, 11) is 1.56. The summed E-state index contributed by atoms with van der Waals surface area (Å²) in [6.45, 7) is 1.46. The molecule has 5 heteroatoms. The quantitative estimate of drug-likeness (QED) is 0.852. The summed E-state index contributed by atoms with van der Waals surface area (Å²) in [5.74, 6) is 0.851. The maximum atomic E-state index is 11.1. The van der Waals surface area contributed by atoms with Crippen LogP contribution in [-0.2, 0) is 0 Å². The summed E-state index contributed by atoms with van der Waals surface area (Å²) >= 11 is 6.02. The van der Waals surface area contributed by atoms with E-state index < -0.39 is 0 Å². The van der Waals surface area contributed by atoms with E-state index in [0.717, 1.165) is 11.3 Å². The number of ketones is 1. The lowest BCUT2D eigenvalue weighted by molar-refractivity contribution is 0.100. The van der Waals surface area contributed by atoms with E-state index in [1.165, 1.54) is 6.92 Å². The topological polar surface area (TPSA) is 55.0 Å². The van der Waals surface area contributed by atoms with Gasteiger partial charge in [0.05, 0.1) is 24.0 Å². The van der Waals surface area contributed by atoms with E-state index in [1.807, 2.05) is 6.07 Å². The summed E-state index contributed by atoms with van der Waals surface area (Å²) in [5.41, 5.74) is 1.61. The number of aromatic amines is 1. The van der Waals surface area contributed by atoms with E-state index in [2.05, 4.69) is 9.97 Å². The molecule has 0 aliphatic heterocycles. The summed E-state index contributed by atoms with van der Waals surface area (Å²) in [4.78, 5) is 18.0. The van der Waals surface area contributed by atoms with E-state index in [1.54, 1.807) is 25.4 Å². The number of carbonyl (C=O) groups is 1. The van der Waals surface area contributed by atoms with E-state index in [0.29, 0.717) is 16.6 Å². The van der Waals surface area contributed by atoms with Crippen molar-refractivity contribution >= 4 is 17.4 Å². The van der Waals surface area contributed by atoms with E-state index in [9.17, 15) is 4.79 Å². The molecule has 17 heavy (non-hydrogen) atoms. The Hall–Kier alpha value is -1.81. The fourth-order valence-electron chi connectivity index (χ4n) is 1.48. The van der Waals surface area contributed by atoms with Crippen LogP contribution in [0.3, 0.4) is 0 Å². The smallest absolute Gasteiger partial charge is 0.194 e. The Morgan fingerprint density at radius 2 is 2.24 bits per heavy atom. The van der Waals surface area contributed by atoms with Crippen LogP contribution in [0.25, 0.3) is 11.3 Å². The molecule has 0 aliphatic carbocycles. The number of benzene rings is 1. The van der Waals surface area contributed by atoms with Crippen LogP contribution in [0.2, 0.25) is 5.02 Å². The first kappa shape index (κ1) is 11.7. The van der Waals surface area contributed by atoms with Crippen molar-refractivity contribution in [1.82, 2.24) is 9.97 Å². The molecule has 2 aromatic rings. The predicted octanol–water partition coefficient (Wildman–Crippen LogP) is 2.94. The zero-order valence-electron chi connectivity index (χ0n) is 9.45. The highest BCUT2D eigenvalue weighted by molar-refractivity contribution is 6.32. The van der Waals surface area contributed by atoms with Gasteiger partial charge in [0, 0.05) is 12.5 Å². The average molecular weight is 251 g/mol. The van der Waals surface area contributed by atoms with Gasteiger partial charge in [-0.3, -0.25) is 4.79 Å². The van der Waals surface area contributed by atoms with Crippen LogP contribution in [0.5, 0.6) is 5.75 Å². The van der Waals surface area contributed by atoms with Gasteiger partial charge in [-0.15, -0.1) is 0 Å². The van der Waals surface area contributed by atoms with Crippen molar-refractivity contribution in [2.45, 2.75) is 6.92 Å². The molecule has 1 N–H and O–H groups in total. The van der Waals surface area contributed by atoms with Crippen molar-refractivity contribution in [3.05, 3.63) is 35.2 Å². The average Bonchev–Trinajstić information content (AvgIpc) is 2.78. The Morgan fingerprint density at radius 3 is 2.76 bits per heavy atom. The van der Waals surface area contributed by atoms with Crippen LogP contribution in [-0.4, -0.2) is 22.9 Å². The van der Waals surface area contributed by atoms with E-state index >= 15 is 0 Å². The van der Waals surface area contributed by atoms with E-state index in [-0.39, 0.29) is 5.78 Å². The van der Waals surface area contributed by atoms with Crippen molar-refractivity contribution in [2.75, 3.05) is 7.11 Å². The molecular formula is C12H11ClN2O2. The SMILES string of the molecule is COc1ccc(-c2cnc(C(C)=O)[nH]2)cc1Cl. The molecule has 1 aromatic heterocycles. The maximum Gasteiger partial charge on any atom is 0.194 e. The Morgan fingerprint density at radius 1 is 1.47 bits per heavy atom.